The molecule has 1 unspecified atom stereocenters. The molecule has 0 spiro atoms. The molecule has 1 aromatic carbocycles. The van der Waals surface area contributed by atoms with Crippen LogP contribution >= 0.6 is 0 Å². The fourth-order valence-corrected chi connectivity index (χ4v) is 4.51. The Labute approximate surface area is 137 Å². The van der Waals surface area contributed by atoms with Crippen LogP contribution in [0, 0.1) is 11.3 Å². The van der Waals surface area contributed by atoms with Crippen molar-refractivity contribution in [1.29, 1.82) is 5.26 Å². The van der Waals surface area contributed by atoms with Crippen molar-refractivity contribution in [3.8, 4) is 6.07 Å². The van der Waals surface area contributed by atoms with E-state index >= 15 is 0 Å². The second-order valence-electron chi connectivity index (χ2n) is 5.60. The fourth-order valence-electron chi connectivity index (χ4n) is 2.78. The molecule has 7 heteroatoms. The van der Waals surface area contributed by atoms with Crippen molar-refractivity contribution in [3.05, 3.63) is 29.8 Å². The Morgan fingerprint density at radius 3 is 2.61 bits per heavy atom. The van der Waals surface area contributed by atoms with Gasteiger partial charge in [0.1, 0.15) is 0 Å². The van der Waals surface area contributed by atoms with Crippen LogP contribution in [0.15, 0.2) is 24.3 Å². The number of hydrogen-bond donors (Lipinski definition) is 1. The summed E-state index contributed by atoms with van der Waals surface area (Å²) in [4.78, 5) is 14.0. The van der Waals surface area contributed by atoms with E-state index < -0.39 is 9.84 Å². The Morgan fingerprint density at radius 1 is 1.39 bits per heavy atom. The lowest BCUT2D eigenvalue weighted by atomic mass is 10.2. The van der Waals surface area contributed by atoms with Gasteiger partial charge in [-0.05, 0) is 37.6 Å². The molecule has 0 bridgehead atoms. The van der Waals surface area contributed by atoms with Gasteiger partial charge in [0.05, 0.1) is 23.1 Å². The lowest BCUT2D eigenvalue weighted by Crippen LogP contribution is -2.41. The van der Waals surface area contributed by atoms with Crippen LogP contribution in [0.2, 0.25) is 0 Å². The van der Waals surface area contributed by atoms with Crippen molar-refractivity contribution in [2.24, 2.45) is 0 Å². The second-order valence-corrected chi connectivity index (χ2v) is 7.83. The minimum atomic E-state index is -2.99. The lowest BCUT2D eigenvalue weighted by Gasteiger charge is -2.27. The number of carbonyl (C=O) groups excluding carboxylic acids is 1. The zero-order valence-electron chi connectivity index (χ0n) is 13.2. The molecule has 1 fully saturated rings. The molecule has 0 aromatic heterocycles. The summed E-state index contributed by atoms with van der Waals surface area (Å²) in [6, 6.07) is 8.88. The maximum absolute atomic E-state index is 12.3. The number of nitrogens with one attached hydrogen (secondary N) is 1. The van der Waals surface area contributed by atoms with Crippen molar-refractivity contribution in [2.45, 2.75) is 25.8 Å². The van der Waals surface area contributed by atoms with Gasteiger partial charge in [-0.2, -0.15) is 5.26 Å². The van der Waals surface area contributed by atoms with Crippen LogP contribution in [0.4, 0.5) is 5.69 Å². The Kier molecular flexibility index (Phi) is 5.61. The van der Waals surface area contributed by atoms with Gasteiger partial charge in [-0.3, -0.25) is 4.79 Å². The van der Waals surface area contributed by atoms with Crippen LogP contribution in [0.3, 0.4) is 0 Å². The molecule has 0 aliphatic carbocycles. The van der Waals surface area contributed by atoms with E-state index in [2.05, 4.69) is 11.4 Å². The third-order valence-electron chi connectivity index (χ3n) is 3.99. The van der Waals surface area contributed by atoms with E-state index in [1.165, 1.54) is 0 Å². The summed E-state index contributed by atoms with van der Waals surface area (Å²) in [5, 5.41) is 11.9. The summed E-state index contributed by atoms with van der Waals surface area (Å²) < 4.78 is 23.1. The summed E-state index contributed by atoms with van der Waals surface area (Å²) >= 11 is 0. The van der Waals surface area contributed by atoms with Crippen LogP contribution in [-0.2, 0) is 14.6 Å². The first kappa shape index (κ1) is 17.3. The smallest absolute Gasteiger partial charge is 0.224 e. The number of rotatable bonds is 6. The molecule has 0 saturated carbocycles. The predicted molar refractivity (Wildman–Crippen MR) is 88.7 cm³/mol. The minimum Gasteiger partial charge on any atom is -0.385 e. The van der Waals surface area contributed by atoms with Gasteiger partial charge in [0, 0.05) is 31.2 Å². The number of sulfone groups is 1. The molecule has 1 amide bonds. The molecular weight excluding hydrogens is 314 g/mol. The average Bonchev–Trinajstić information content (AvgIpc) is 2.88. The van der Waals surface area contributed by atoms with E-state index in [0.29, 0.717) is 31.5 Å². The molecule has 0 radical (unpaired) electrons. The van der Waals surface area contributed by atoms with Gasteiger partial charge in [0.2, 0.25) is 5.91 Å². The van der Waals surface area contributed by atoms with E-state index in [1.807, 2.05) is 6.92 Å². The molecule has 1 heterocycles. The van der Waals surface area contributed by atoms with Crippen LogP contribution in [0.25, 0.3) is 0 Å². The summed E-state index contributed by atoms with van der Waals surface area (Å²) in [6.45, 7) is 2.87. The van der Waals surface area contributed by atoms with Gasteiger partial charge in [0.25, 0.3) is 0 Å². The lowest BCUT2D eigenvalue weighted by molar-refractivity contribution is -0.132. The van der Waals surface area contributed by atoms with Crippen LogP contribution in [0.1, 0.15) is 25.3 Å². The highest BCUT2D eigenvalue weighted by Gasteiger charge is 2.33. The molecule has 1 aliphatic heterocycles. The van der Waals surface area contributed by atoms with Crippen LogP contribution < -0.4 is 5.32 Å². The Hall–Kier alpha value is -2.07. The maximum Gasteiger partial charge on any atom is 0.224 e. The number of nitriles is 1. The van der Waals surface area contributed by atoms with E-state index in [4.69, 9.17) is 5.26 Å². The molecule has 6 nitrogen and oxygen atoms in total. The molecule has 124 valence electrons. The van der Waals surface area contributed by atoms with Gasteiger partial charge in [-0.1, -0.05) is 0 Å². The largest absolute Gasteiger partial charge is 0.385 e. The number of benzene rings is 1. The maximum atomic E-state index is 12.3. The summed E-state index contributed by atoms with van der Waals surface area (Å²) in [5.41, 5.74) is 1.44. The zero-order valence-corrected chi connectivity index (χ0v) is 14.0. The first-order valence-electron chi connectivity index (χ1n) is 7.69. The molecular formula is C16H21N3O3S. The van der Waals surface area contributed by atoms with E-state index in [1.54, 1.807) is 29.2 Å². The molecule has 1 atom stereocenters. The SMILES string of the molecule is CCN(C(=O)CCNc1ccc(C#N)cc1)C1CCS(=O)(=O)C1. The molecule has 1 aromatic rings. The number of nitrogens with zero attached hydrogens (tertiary/aromatic N) is 2. The minimum absolute atomic E-state index is 0.0317. The van der Waals surface area contributed by atoms with E-state index in [-0.39, 0.29) is 23.5 Å². The zero-order chi connectivity index (χ0) is 16.9. The van der Waals surface area contributed by atoms with Crippen molar-refractivity contribution in [3.63, 3.8) is 0 Å². The average molecular weight is 335 g/mol. The standard InChI is InChI=1S/C16H21N3O3S/c1-2-19(15-8-10-23(21,22)12-15)16(20)7-9-18-14-5-3-13(11-17)4-6-14/h3-6,15,18H,2,7-10,12H2,1H3. The van der Waals surface area contributed by atoms with Gasteiger partial charge in [0.15, 0.2) is 9.84 Å². The first-order valence-corrected chi connectivity index (χ1v) is 9.51. The fraction of sp³-hybridized carbons (Fsp3) is 0.500. The summed E-state index contributed by atoms with van der Waals surface area (Å²) in [6.07, 6.45) is 0.843. The summed E-state index contributed by atoms with van der Waals surface area (Å²) in [5.74, 6) is 0.219. The first-order chi connectivity index (χ1) is 10.9. The molecule has 2 rings (SSSR count). The molecule has 1 saturated heterocycles. The van der Waals surface area contributed by atoms with Crippen LogP contribution in [-0.4, -0.2) is 49.9 Å². The Morgan fingerprint density at radius 2 is 2.09 bits per heavy atom. The van der Waals surface area contributed by atoms with Crippen molar-refractivity contribution < 1.29 is 13.2 Å². The van der Waals surface area contributed by atoms with Gasteiger partial charge in [-0.25, -0.2) is 8.42 Å². The van der Waals surface area contributed by atoms with Gasteiger partial charge in [-0.15, -0.1) is 0 Å². The molecule has 23 heavy (non-hydrogen) atoms. The summed E-state index contributed by atoms with van der Waals surface area (Å²) in [7, 11) is -2.99. The third-order valence-corrected chi connectivity index (χ3v) is 5.74. The highest BCUT2D eigenvalue weighted by molar-refractivity contribution is 7.91. The number of hydrogen-bond acceptors (Lipinski definition) is 5. The monoisotopic (exact) mass is 335 g/mol. The molecule has 1 N–H and O–H groups in total. The van der Waals surface area contributed by atoms with E-state index in [0.717, 1.165) is 5.69 Å². The predicted octanol–water partition coefficient (Wildman–Crippen LogP) is 1.40. The van der Waals surface area contributed by atoms with Gasteiger partial charge < -0.3 is 10.2 Å². The van der Waals surface area contributed by atoms with Crippen molar-refractivity contribution in [2.75, 3.05) is 29.9 Å². The quantitative estimate of drug-likeness (QED) is 0.848. The third kappa shape index (κ3) is 4.70. The van der Waals surface area contributed by atoms with E-state index in [9.17, 15) is 13.2 Å². The number of anilines is 1. The second kappa shape index (κ2) is 7.47. The number of amides is 1. The highest BCUT2D eigenvalue weighted by atomic mass is 32.2. The normalized spacial score (nSPS) is 19.0. The highest BCUT2D eigenvalue weighted by Crippen LogP contribution is 2.18. The topological polar surface area (TPSA) is 90.3 Å². The Balaban J connectivity index is 1.84. The molecule has 1 aliphatic rings. The van der Waals surface area contributed by atoms with Crippen molar-refractivity contribution in [1.82, 2.24) is 4.90 Å². The Bertz CT molecular complexity index is 692. The number of carbonyl (C=O) groups is 1. The van der Waals surface area contributed by atoms with Crippen molar-refractivity contribution >= 4 is 21.4 Å². The van der Waals surface area contributed by atoms with Crippen LogP contribution in [0.5, 0.6) is 0 Å². The van der Waals surface area contributed by atoms with Gasteiger partial charge >= 0.3 is 0 Å².